The average Bonchev–Trinajstić information content (AvgIpc) is 2.66. The van der Waals surface area contributed by atoms with Crippen LogP contribution in [0.5, 0.6) is 0 Å². The maximum Gasteiger partial charge on any atom is 0.238 e. The van der Waals surface area contributed by atoms with Crippen LogP contribution in [0.15, 0.2) is 24.3 Å². The van der Waals surface area contributed by atoms with Crippen molar-refractivity contribution in [3.63, 3.8) is 0 Å². The molecule has 1 aliphatic carbocycles. The molecule has 1 aromatic carbocycles. The first-order valence-electron chi connectivity index (χ1n) is 6.72. The average molecular weight is 259 g/mol. The third kappa shape index (κ3) is 1.70. The molecule has 0 aromatic heterocycles. The summed E-state index contributed by atoms with van der Waals surface area (Å²) in [4.78, 5) is 25.1. The van der Waals surface area contributed by atoms with Crippen LogP contribution in [0.1, 0.15) is 31.2 Å². The van der Waals surface area contributed by atoms with Gasteiger partial charge in [-0.2, -0.15) is 0 Å². The van der Waals surface area contributed by atoms with Gasteiger partial charge in [0.05, 0.1) is 18.1 Å². The third-order valence-corrected chi connectivity index (χ3v) is 4.43. The molecule has 1 aromatic rings. The maximum absolute atomic E-state index is 12.7. The van der Waals surface area contributed by atoms with Gasteiger partial charge in [0.2, 0.25) is 5.91 Å². The van der Waals surface area contributed by atoms with Crippen molar-refractivity contribution < 1.29 is 14.7 Å². The van der Waals surface area contributed by atoms with Gasteiger partial charge in [0, 0.05) is 5.69 Å². The van der Waals surface area contributed by atoms with Gasteiger partial charge in [-0.3, -0.25) is 4.79 Å². The van der Waals surface area contributed by atoms with Gasteiger partial charge >= 0.3 is 0 Å². The van der Waals surface area contributed by atoms with Crippen LogP contribution >= 0.6 is 0 Å². The molecule has 19 heavy (non-hydrogen) atoms. The first-order chi connectivity index (χ1) is 9.19. The van der Waals surface area contributed by atoms with Crippen molar-refractivity contribution in [1.29, 1.82) is 0 Å². The molecule has 1 fully saturated rings. The second-order valence-electron chi connectivity index (χ2n) is 5.41. The molecule has 1 saturated carbocycles. The smallest absolute Gasteiger partial charge is 0.238 e. The van der Waals surface area contributed by atoms with E-state index in [0.717, 1.165) is 17.5 Å². The van der Waals surface area contributed by atoms with Gasteiger partial charge in [-0.1, -0.05) is 18.2 Å². The number of benzene rings is 1. The Morgan fingerprint density at radius 1 is 1.32 bits per heavy atom. The second-order valence-corrected chi connectivity index (χ2v) is 5.41. The largest absolute Gasteiger partial charge is 0.393 e. The Balaban J connectivity index is 2.06. The van der Waals surface area contributed by atoms with Crippen molar-refractivity contribution >= 4 is 17.9 Å². The van der Waals surface area contributed by atoms with E-state index in [1.165, 1.54) is 0 Å². The van der Waals surface area contributed by atoms with Gasteiger partial charge in [-0.05, 0) is 37.3 Å². The lowest BCUT2D eigenvalue weighted by atomic mass is 9.69. The zero-order valence-electron chi connectivity index (χ0n) is 10.7. The van der Waals surface area contributed by atoms with E-state index in [4.69, 9.17) is 0 Å². The van der Waals surface area contributed by atoms with E-state index in [1.807, 2.05) is 24.3 Å². The molecule has 0 radical (unpaired) electrons. The summed E-state index contributed by atoms with van der Waals surface area (Å²) in [5, 5.41) is 9.68. The van der Waals surface area contributed by atoms with Crippen molar-refractivity contribution in [1.82, 2.24) is 0 Å². The fraction of sp³-hybridized carbons (Fsp3) is 0.467. The minimum absolute atomic E-state index is 0.0210. The standard InChI is InChI=1S/C15H17NO3/c17-10-9-16-13-4-2-1-3-12(13)15(14(16)19)7-5-11(18)6-8-15/h1-4,10-11,18H,5-9H2. The molecule has 0 bridgehead atoms. The summed E-state index contributed by atoms with van der Waals surface area (Å²) < 4.78 is 0. The summed E-state index contributed by atoms with van der Waals surface area (Å²) in [7, 11) is 0. The molecule has 0 saturated heterocycles. The molecular weight excluding hydrogens is 242 g/mol. The van der Waals surface area contributed by atoms with Gasteiger partial charge in [0.15, 0.2) is 0 Å². The van der Waals surface area contributed by atoms with Crippen LogP contribution in [0, 0.1) is 0 Å². The monoisotopic (exact) mass is 259 g/mol. The normalized spacial score (nSPS) is 29.6. The minimum Gasteiger partial charge on any atom is -0.393 e. The fourth-order valence-corrected chi connectivity index (χ4v) is 3.43. The molecule has 4 nitrogen and oxygen atoms in total. The number of amides is 1. The van der Waals surface area contributed by atoms with E-state index >= 15 is 0 Å². The lowest BCUT2D eigenvalue weighted by Crippen LogP contribution is -2.44. The highest BCUT2D eigenvalue weighted by molar-refractivity contribution is 6.09. The first kappa shape index (κ1) is 12.4. The SMILES string of the molecule is O=CCN1C(=O)C2(CCC(O)CC2)c2ccccc21. The van der Waals surface area contributed by atoms with Gasteiger partial charge in [-0.25, -0.2) is 0 Å². The number of aliphatic hydroxyl groups excluding tert-OH is 1. The predicted molar refractivity (Wildman–Crippen MR) is 71.0 cm³/mol. The van der Waals surface area contributed by atoms with E-state index in [2.05, 4.69) is 0 Å². The number of hydrogen-bond acceptors (Lipinski definition) is 3. The summed E-state index contributed by atoms with van der Waals surface area (Å²) in [5.41, 5.74) is 1.36. The minimum atomic E-state index is -0.515. The van der Waals surface area contributed by atoms with Crippen molar-refractivity contribution in [2.24, 2.45) is 0 Å². The van der Waals surface area contributed by atoms with Crippen LogP contribution in [0.2, 0.25) is 0 Å². The zero-order chi connectivity index (χ0) is 13.5. The lowest BCUT2D eigenvalue weighted by molar-refractivity contribution is -0.125. The number of rotatable bonds is 2. The molecule has 0 atom stereocenters. The molecule has 100 valence electrons. The van der Waals surface area contributed by atoms with Crippen LogP contribution in [-0.2, 0) is 15.0 Å². The van der Waals surface area contributed by atoms with Crippen LogP contribution in [0.4, 0.5) is 5.69 Å². The number of nitrogens with zero attached hydrogens (tertiary/aromatic N) is 1. The molecule has 3 rings (SSSR count). The van der Waals surface area contributed by atoms with Crippen molar-refractivity contribution in [2.45, 2.75) is 37.2 Å². The molecule has 0 unspecified atom stereocenters. The van der Waals surface area contributed by atoms with Gasteiger partial charge in [0.25, 0.3) is 0 Å². The van der Waals surface area contributed by atoms with E-state index in [-0.39, 0.29) is 18.6 Å². The Labute approximate surface area is 112 Å². The molecule has 2 aliphatic rings. The van der Waals surface area contributed by atoms with Crippen molar-refractivity contribution in [2.75, 3.05) is 11.4 Å². The van der Waals surface area contributed by atoms with E-state index in [0.29, 0.717) is 25.7 Å². The van der Waals surface area contributed by atoms with E-state index < -0.39 is 5.41 Å². The van der Waals surface area contributed by atoms with E-state index in [1.54, 1.807) is 4.90 Å². The lowest BCUT2D eigenvalue weighted by Gasteiger charge is -2.34. The van der Waals surface area contributed by atoms with Gasteiger partial charge < -0.3 is 14.8 Å². The zero-order valence-corrected chi connectivity index (χ0v) is 10.7. The van der Waals surface area contributed by atoms with Crippen LogP contribution in [0.25, 0.3) is 0 Å². The highest BCUT2D eigenvalue weighted by atomic mass is 16.3. The first-order valence-corrected chi connectivity index (χ1v) is 6.72. The number of para-hydroxylation sites is 1. The summed E-state index contributed by atoms with van der Waals surface area (Å²) in [6.45, 7) is 0.111. The Hall–Kier alpha value is -1.68. The third-order valence-electron chi connectivity index (χ3n) is 4.43. The highest BCUT2D eigenvalue weighted by Crippen LogP contribution is 2.49. The van der Waals surface area contributed by atoms with Crippen molar-refractivity contribution in [3.05, 3.63) is 29.8 Å². The van der Waals surface area contributed by atoms with Crippen LogP contribution < -0.4 is 4.90 Å². The van der Waals surface area contributed by atoms with Crippen molar-refractivity contribution in [3.8, 4) is 0 Å². The Bertz CT molecular complexity index is 518. The molecular formula is C15H17NO3. The molecule has 4 heteroatoms. The molecule has 1 amide bonds. The van der Waals surface area contributed by atoms with Crippen LogP contribution in [0.3, 0.4) is 0 Å². The Morgan fingerprint density at radius 3 is 2.68 bits per heavy atom. The fourth-order valence-electron chi connectivity index (χ4n) is 3.43. The van der Waals surface area contributed by atoms with Crippen LogP contribution in [-0.4, -0.2) is 29.9 Å². The molecule has 1 spiro atoms. The maximum atomic E-state index is 12.7. The summed E-state index contributed by atoms with van der Waals surface area (Å²) in [5.74, 6) is 0.0210. The topological polar surface area (TPSA) is 57.6 Å². The quantitative estimate of drug-likeness (QED) is 0.817. The number of fused-ring (bicyclic) bond motifs is 2. The summed E-state index contributed by atoms with van der Waals surface area (Å²) >= 11 is 0. The number of aldehydes is 1. The Kier molecular flexibility index (Phi) is 2.90. The second kappa shape index (κ2) is 4.46. The number of anilines is 1. The molecule has 1 heterocycles. The van der Waals surface area contributed by atoms with Gasteiger partial charge in [0.1, 0.15) is 6.29 Å². The van der Waals surface area contributed by atoms with E-state index in [9.17, 15) is 14.7 Å². The highest BCUT2D eigenvalue weighted by Gasteiger charge is 2.51. The summed E-state index contributed by atoms with van der Waals surface area (Å²) in [6.07, 6.45) is 3.10. The predicted octanol–water partition coefficient (Wildman–Crippen LogP) is 1.40. The number of aliphatic hydroxyl groups is 1. The molecule has 1 N–H and O–H groups in total. The number of carbonyl (C=O) groups excluding carboxylic acids is 2. The van der Waals surface area contributed by atoms with Gasteiger partial charge in [-0.15, -0.1) is 0 Å². The number of carbonyl (C=O) groups is 2. The summed E-state index contributed by atoms with van der Waals surface area (Å²) in [6, 6.07) is 7.70. The molecule has 1 aliphatic heterocycles. The number of hydrogen-bond donors (Lipinski definition) is 1. The Morgan fingerprint density at radius 2 is 2.00 bits per heavy atom.